The third-order valence-corrected chi connectivity index (χ3v) is 3.59. The number of hydrogen-bond acceptors (Lipinski definition) is 5. The van der Waals surface area contributed by atoms with Crippen molar-refractivity contribution in [2.45, 2.75) is 26.2 Å². The average Bonchev–Trinajstić information content (AvgIpc) is 2.96. The molecule has 0 unspecified atom stereocenters. The summed E-state index contributed by atoms with van der Waals surface area (Å²) in [6.07, 6.45) is 0. The van der Waals surface area contributed by atoms with Crippen molar-refractivity contribution in [1.82, 2.24) is 19.7 Å². The molecule has 2 aromatic heterocycles. The average molecular weight is 250 g/mol. The van der Waals surface area contributed by atoms with E-state index in [1.165, 1.54) is 5.69 Å². The van der Waals surface area contributed by atoms with Gasteiger partial charge in [-0.2, -0.15) is 5.10 Å². The van der Waals surface area contributed by atoms with Gasteiger partial charge in [-0.1, -0.05) is 0 Å². The quantitative estimate of drug-likeness (QED) is 0.877. The van der Waals surface area contributed by atoms with Crippen molar-refractivity contribution in [2.24, 2.45) is 0 Å². The lowest BCUT2D eigenvalue weighted by Gasteiger charge is -2.26. The van der Waals surface area contributed by atoms with Gasteiger partial charge in [-0.05, 0) is 6.07 Å². The van der Waals surface area contributed by atoms with Crippen LogP contribution in [0.3, 0.4) is 0 Å². The van der Waals surface area contributed by atoms with Crippen molar-refractivity contribution in [3.63, 3.8) is 0 Å². The predicted molar refractivity (Wildman–Crippen MR) is 64.4 cm³/mol. The summed E-state index contributed by atoms with van der Waals surface area (Å²) in [7, 11) is 0. The van der Waals surface area contributed by atoms with E-state index in [0.29, 0.717) is 0 Å². The summed E-state index contributed by atoms with van der Waals surface area (Å²) >= 11 is 1.63. The van der Waals surface area contributed by atoms with Crippen molar-refractivity contribution in [2.75, 3.05) is 6.54 Å². The molecule has 1 aliphatic heterocycles. The number of hydrogen-bond donors (Lipinski definition) is 1. The Labute approximate surface area is 103 Å². The molecule has 0 atom stereocenters. The molecular weight excluding hydrogens is 236 g/mol. The maximum Gasteiger partial charge on any atom is 0.0882 e. The van der Waals surface area contributed by atoms with Crippen molar-refractivity contribution >= 4 is 11.3 Å². The van der Waals surface area contributed by atoms with Crippen LogP contribution in [0.1, 0.15) is 17.1 Å². The van der Waals surface area contributed by atoms with Gasteiger partial charge in [-0.3, -0.25) is 9.58 Å². The van der Waals surface area contributed by atoms with E-state index in [-0.39, 0.29) is 6.61 Å². The zero-order valence-electron chi connectivity index (χ0n) is 9.41. The fraction of sp³-hybridized carbons (Fsp3) is 0.455. The number of thiazole rings is 1. The van der Waals surface area contributed by atoms with E-state index >= 15 is 0 Å². The van der Waals surface area contributed by atoms with E-state index in [9.17, 15) is 0 Å². The number of rotatable bonds is 3. The van der Waals surface area contributed by atoms with Crippen LogP contribution in [-0.4, -0.2) is 31.3 Å². The highest BCUT2D eigenvalue weighted by Gasteiger charge is 2.18. The molecule has 3 heterocycles. The maximum absolute atomic E-state index is 9.06. The lowest BCUT2D eigenvalue weighted by atomic mass is 10.2. The third-order valence-electron chi connectivity index (χ3n) is 2.96. The Morgan fingerprint density at radius 3 is 3.06 bits per heavy atom. The molecule has 5 nitrogen and oxygen atoms in total. The molecule has 0 saturated carbocycles. The fourth-order valence-corrected chi connectivity index (χ4v) is 2.69. The Morgan fingerprint density at radius 1 is 1.35 bits per heavy atom. The molecule has 0 saturated heterocycles. The van der Waals surface area contributed by atoms with Crippen LogP contribution >= 0.6 is 11.3 Å². The van der Waals surface area contributed by atoms with Crippen LogP contribution in [0.5, 0.6) is 0 Å². The minimum atomic E-state index is 0.0199. The molecular formula is C11H14N4OS. The highest BCUT2D eigenvalue weighted by Crippen LogP contribution is 2.16. The summed E-state index contributed by atoms with van der Waals surface area (Å²) in [5.74, 6) is 0. The summed E-state index contributed by atoms with van der Waals surface area (Å²) in [5, 5.41) is 15.5. The summed E-state index contributed by atoms with van der Waals surface area (Å²) in [5.41, 5.74) is 4.93. The van der Waals surface area contributed by atoms with E-state index in [0.717, 1.165) is 37.6 Å². The molecule has 0 aromatic carbocycles. The van der Waals surface area contributed by atoms with E-state index in [2.05, 4.69) is 20.4 Å². The summed E-state index contributed by atoms with van der Waals surface area (Å²) in [6, 6.07) is 1.98. The summed E-state index contributed by atoms with van der Waals surface area (Å²) in [6.45, 7) is 3.66. The van der Waals surface area contributed by atoms with Crippen LogP contribution in [0.2, 0.25) is 0 Å². The number of aliphatic hydroxyl groups is 1. The van der Waals surface area contributed by atoms with Crippen molar-refractivity contribution in [3.8, 4) is 0 Å². The maximum atomic E-state index is 9.06. The highest BCUT2D eigenvalue weighted by molar-refractivity contribution is 7.07. The molecule has 2 aromatic rings. The lowest BCUT2D eigenvalue weighted by molar-refractivity contribution is 0.202. The van der Waals surface area contributed by atoms with Gasteiger partial charge in [0.1, 0.15) is 0 Å². The van der Waals surface area contributed by atoms with Gasteiger partial charge in [0.25, 0.3) is 0 Å². The standard InChI is InChI=1S/C11H14N4OS/c16-6-9-3-11-5-14(1-2-15(11)13-9)4-10-7-17-8-12-10/h3,7-8,16H,1-2,4-6H2. The van der Waals surface area contributed by atoms with E-state index in [1.54, 1.807) is 11.3 Å². The van der Waals surface area contributed by atoms with E-state index in [4.69, 9.17) is 5.11 Å². The van der Waals surface area contributed by atoms with Gasteiger partial charge < -0.3 is 5.11 Å². The van der Waals surface area contributed by atoms with Crippen LogP contribution in [0.4, 0.5) is 0 Å². The Morgan fingerprint density at radius 2 is 2.29 bits per heavy atom. The first-order valence-corrected chi connectivity index (χ1v) is 6.55. The van der Waals surface area contributed by atoms with Crippen molar-refractivity contribution in [3.05, 3.63) is 34.0 Å². The summed E-state index contributed by atoms with van der Waals surface area (Å²) < 4.78 is 1.99. The van der Waals surface area contributed by atoms with Gasteiger partial charge in [-0.25, -0.2) is 4.98 Å². The molecule has 1 N–H and O–H groups in total. The first-order chi connectivity index (χ1) is 8.35. The predicted octanol–water partition coefficient (Wildman–Crippen LogP) is 0.848. The minimum Gasteiger partial charge on any atom is -0.390 e. The van der Waals surface area contributed by atoms with Crippen molar-refractivity contribution in [1.29, 1.82) is 0 Å². The molecule has 3 rings (SSSR count). The van der Waals surface area contributed by atoms with Crippen LogP contribution < -0.4 is 0 Å². The normalized spacial score (nSPS) is 16.1. The summed E-state index contributed by atoms with van der Waals surface area (Å²) in [4.78, 5) is 6.66. The topological polar surface area (TPSA) is 54.2 Å². The smallest absolute Gasteiger partial charge is 0.0882 e. The Kier molecular flexibility index (Phi) is 2.92. The van der Waals surface area contributed by atoms with Gasteiger partial charge in [0.05, 0.1) is 35.7 Å². The molecule has 0 aliphatic carbocycles. The lowest BCUT2D eigenvalue weighted by Crippen LogP contribution is -2.33. The number of nitrogens with zero attached hydrogens (tertiary/aromatic N) is 4. The van der Waals surface area contributed by atoms with Crippen LogP contribution in [-0.2, 0) is 26.2 Å². The third kappa shape index (κ3) is 2.24. The molecule has 90 valence electrons. The highest BCUT2D eigenvalue weighted by atomic mass is 32.1. The molecule has 0 fully saturated rings. The Balaban J connectivity index is 1.71. The molecule has 0 radical (unpaired) electrons. The second-order valence-corrected chi connectivity index (χ2v) is 4.92. The molecule has 6 heteroatoms. The Bertz CT molecular complexity index is 494. The molecule has 0 bridgehead atoms. The van der Waals surface area contributed by atoms with Gasteiger partial charge >= 0.3 is 0 Å². The first kappa shape index (κ1) is 10.9. The fourth-order valence-electron chi connectivity index (χ4n) is 2.14. The van der Waals surface area contributed by atoms with Gasteiger partial charge in [0.15, 0.2) is 0 Å². The molecule has 0 amide bonds. The first-order valence-electron chi connectivity index (χ1n) is 5.61. The van der Waals surface area contributed by atoms with E-state index in [1.807, 2.05) is 16.3 Å². The SMILES string of the molecule is OCc1cc2n(n1)CCN(Cc1cscn1)C2. The van der Waals surface area contributed by atoms with Crippen LogP contribution in [0, 0.1) is 0 Å². The van der Waals surface area contributed by atoms with Crippen molar-refractivity contribution < 1.29 is 5.11 Å². The zero-order valence-corrected chi connectivity index (χ0v) is 10.2. The van der Waals surface area contributed by atoms with Gasteiger partial charge in [0, 0.05) is 25.0 Å². The molecule has 0 spiro atoms. The second kappa shape index (κ2) is 4.56. The zero-order chi connectivity index (χ0) is 11.7. The number of aromatic nitrogens is 3. The monoisotopic (exact) mass is 250 g/mol. The number of aliphatic hydroxyl groups excluding tert-OH is 1. The largest absolute Gasteiger partial charge is 0.390 e. The molecule has 1 aliphatic rings. The van der Waals surface area contributed by atoms with E-state index < -0.39 is 0 Å². The Hall–Kier alpha value is -1.24. The van der Waals surface area contributed by atoms with Crippen LogP contribution in [0.25, 0.3) is 0 Å². The van der Waals surface area contributed by atoms with Gasteiger partial charge in [-0.15, -0.1) is 11.3 Å². The number of fused-ring (bicyclic) bond motifs is 1. The van der Waals surface area contributed by atoms with Crippen LogP contribution in [0.15, 0.2) is 17.0 Å². The van der Waals surface area contributed by atoms with Gasteiger partial charge in [0.2, 0.25) is 0 Å². The second-order valence-electron chi connectivity index (χ2n) is 4.20. The molecule has 17 heavy (non-hydrogen) atoms. The minimum absolute atomic E-state index is 0.0199.